The number of carbonyl (C=O) groups is 1. The van der Waals surface area contributed by atoms with Gasteiger partial charge in [-0.1, -0.05) is 29.3 Å². The maximum Gasteiger partial charge on any atom is 0.165 e. The quantitative estimate of drug-likeness (QED) is 0.711. The normalized spacial score (nSPS) is 14.0. The van der Waals surface area contributed by atoms with E-state index in [9.17, 15) is 4.79 Å². The molecular formula is C17H14Cl2O2. The van der Waals surface area contributed by atoms with Gasteiger partial charge in [0.15, 0.2) is 5.78 Å². The highest BCUT2D eigenvalue weighted by Gasteiger charge is 2.30. The van der Waals surface area contributed by atoms with Crippen molar-refractivity contribution in [2.75, 3.05) is 0 Å². The number of hydrogen-bond acceptors (Lipinski definition) is 2. The minimum atomic E-state index is 0.242. The third-order valence-electron chi connectivity index (χ3n) is 3.48. The van der Waals surface area contributed by atoms with E-state index in [1.807, 2.05) is 30.3 Å². The fourth-order valence-corrected chi connectivity index (χ4v) is 2.41. The van der Waals surface area contributed by atoms with Gasteiger partial charge in [0.05, 0.1) is 10.0 Å². The van der Waals surface area contributed by atoms with E-state index >= 15 is 0 Å². The van der Waals surface area contributed by atoms with E-state index in [2.05, 4.69) is 0 Å². The average Bonchev–Trinajstić information content (AvgIpc) is 3.33. The summed E-state index contributed by atoms with van der Waals surface area (Å²) >= 11 is 11.8. The molecule has 1 saturated carbocycles. The maximum atomic E-state index is 11.9. The lowest BCUT2D eigenvalue weighted by Crippen LogP contribution is -2.01. The van der Waals surface area contributed by atoms with E-state index in [0.29, 0.717) is 16.7 Å². The third-order valence-corrected chi connectivity index (χ3v) is 4.22. The van der Waals surface area contributed by atoms with Gasteiger partial charge in [-0.3, -0.25) is 4.79 Å². The minimum Gasteiger partial charge on any atom is -0.489 e. The lowest BCUT2D eigenvalue weighted by molar-refractivity contribution is 0.0967. The summed E-state index contributed by atoms with van der Waals surface area (Å²) < 4.78 is 5.68. The smallest absolute Gasteiger partial charge is 0.165 e. The van der Waals surface area contributed by atoms with Gasteiger partial charge in [-0.05, 0) is 54.8 Å². The number of hydrogen-bond donors (Lipinski definition) is 0. The Morgan fingerprint density at radius 1 is 1.05 bits per heavy atom. The van der Waals surface area contributed by atoms with Crippen LogP contribution in [0.3, 0.4) is 0 Å². The fourth-order valence-electron chi connectivity index (χ4n) is 2.09. The molecule has 2 nitrogen and oxygen atoms in total. The zero-order valence-electron chi connectivity index (χ0n) is 11.3. The van der Waals surface area contributed by atoms with Crippen molar-refractivity contribution in [3.8, 4) is 5.75 Å². The van der Waals surface area contributed by atoms with Crippen LogP contribution in [0.4, 0.5) is 0 Å². The zero-order chi connectivity index (χ0) is 14.8. The van der Waals surface area contributed by atoms with Gasteiger partial charge in [0.1, 0.15) is 12.4 Å². The number of carbonyl (C=O) groups excluding carboxylic acids is 1. The van der Waals surface area contributed by atoms with Crippen molar-refractivity contribution < 1.29 is 9.53 Å². The lowest BCUT2D eigenvalue weighted by atomic mass is 10.1. The van der Waals surface area contributed by atoms with E-state index in [1.165, 1.54) is 0 Å². The van der Waals surface area contributed by atoms with E-state index in [-0.39, 0.29) is 11.7 Å². The number of Topliss-reactive ketones (excluding diaryl/α,β-unsaturated/α-hetero) is 1. The SMILES string of the molecule is O=C(c1ccc(OCc2ccc(Cl)c(Cl)c2)cc1)C1CC1. The molecule has 0 aliphatic heterocycles. The Balaban J connectivity index is 1.62. The molecule has 0 unspecified atom stereocenters. The molecule has 2 aromatic carbocycles. The van der Waals surface area contributed by atoms with Crippen LogP contribution in [0.1, 0.15) is 28.8 Å². The van der Waals surface area contributed by atoms with Crippen molar-refractivity contribution in [1.29, 1.82) is 0 Å². The second-order valence-corrected chi connectivity index (χ2v) is 6.01. The number of rotatable bonds is 5. The Morgan fingerprint density at radius 2 is 1.76 bits per heavy atom. The predicted molar refractivity (Wildman–Crippen MR) is 84.3 cm³/mol. The molecule has 0 heterocycles. The minimum absolute atomic E-state index is 0.242. The van der Waals surface area contributed by atoms with E-state index in [1.54, 1.807) is 12.1 Å². The summed E-state index contributed by atoms with van der Waals surface area (Å²) in [6, 6.07) is 12.7. The zero-order valence-corrected chi connectivity index (χ0v) is 12.8. The molecule has 0 spiro atoms. The first-order chi connectivity index (χ1) is 10.1. The molecule has 4 heteroatoms. The van der Waals surface area contributed by atoms with Gasteiger partial charge in [-0.25, -0.2) is 0 Å². The van der Waals surface area contributed by atoms with Crippen LogP contribution in [-0.2, 0) is 6.61 Å². The molecule has 3 rings (SSSR count). The van der Waals surface area contributed by atoms with Gasteiger partial charge in [0.2, 0.25) is 0 Å². The second-order valence-electron chi connectivity index (χ2n) is 5.20. The number of halogens is 2. The predicted octanol–water partition coefficient (Wildman–Crippen LogP) is 5.17. The van der Waals surface area contributed by atoms with Crippen molar-refractivity contribution in [2.24, 2.45) is 5.92 Å². The molecule has 108 valence electrons. The topological polar surface area (TPSA) is 26.3 Å². The summed E-state index contributed by atoms with van der Waals surface area (Å²) in [7, 11) is 0. The Morgan fingerprint density at radius 3 is 2.38 bits per heavy atom. The first-order valence-electron chi connectivity index (χ1n) is 6.84. The molecular weight excluding hydrogens is 307 g/mol. The first kappa shape index (κ1) is 14.4. The molecule has 0 aromatic heterocycles. The Kier molecular flexibility index (Phi) is 4.18. The van der Waals surface area contributed by atoms with Crippen LogP contribution in [-0.4, -0.2) is 5.78 Å². The van der Waals surface area contributed by atoms with E-state index < -0.39 is 0 Å². The summed E-state index contributed by atoms with van der Waals surface area (Å²) in [5.41, 5.74) is 1.71. The Bertz CT molecular complexity index is 661. The van der Waals surface area contributed by atoms with Gasteiger partial charge < -0.3 is 4.74 Å². The van der Waals surface area contributed by atoms with Crippen LogP contribution in [0.2, 0.25) is 10.0 Å². The monoisotopic (exact) mass is 320 g/mol. The van der Waals surface area contributed by atoms with E-state index in [4.69, 9.17) is 27.9 Å². The van der Waals surface area contributed by atoms with Gasteiger partial charge in [-0.15, -0.1) is 0 Å². The molecule has 0 N–H and O–H groups in total. The Hall–Kier alpha value is -1.51. The average molecular weight is 321 g/mol. The van der Waals surface area contributed by atoms with Crippen LogP contribution >= 0.6 is 23.2 Å². The van der Waals surface area contributed by atoms with Gasteiger partial charge in [0.25, 0.3) is 0 Å². The summed E-state index contributed by atoms with van der Waals surface area (Å²) in [6.45, 7) is 0.410. The molecule has 0 saturated heterocycles. The van der Waals surface area contributed by atoms with Crippen LogP contribution in [0.25, 0.3) is 0 Å². The summed E-state index contributed by atoms with van der Waals surface area (Å²) in [5.74, 6) is 1.22. The van der Waals surface area contributed by atoms with Gasteiger partial charge >= 0.3 is 0 Å². The largest absolute Gasteiger partial charge is 0.489 e. The number of benzene rings is 2. The van der Waals surface area contributed by atoms with Crippen molar-refractivity contribution >= 4 is 29.0 Å². The number of ketones is 1. The fraction of sp³-hybridized carbons (Fsp3) is 0.235. The molecule has 1 aliphatic rings. The third kappa shape index (κ3) is 3.58. The second kappa shape index (κ2) is 6.08. The lowest BCUT2D eigenvalue weighted by Gasteiger charge is -2.08. The molecule has 1 aliphatic carbocycles. The van der Waals surface area contributed by atoms with E-state index in [0.717, 1.165) is 29.7 Å². The van der Waals surface area contributed by atoms with Crippen LogP contribution in [0, 0.1) is 5.92 Å². The maximum absolute atomic E-state index is 11.9. The molecule has 0 atom stereocenters. The summed E-state index contributed by atoms with van der Waals surface area (Å²) in [6.07, 6.45) is 2.04. The standard InChI is InChI=1S/C17H14Cl2O2/c18-15-8-1-11(9-16(15)19)10-21-14-6-4-13(5-7-14)17(20)12-2-3-12/h1,4-9,12H,2-3,10H2. The van der Waals surface area contributed by atoms with Crippen molar-refractivity contribution in [2.45, 2.75) is 19.4 Å². The van der Waals surface area contributed by atoms with Crippen molar-refractivity contribution in [3.05, 3.63) is 63.6 Å². The molecule has 21 heavy (non-hydrogen) atoms. The number of ether oxygens (including phenoxy) is 1. The molecule has 0 amide bonds. The molecule has 2 aromatic rings. The highest BCUT2D eigenvalue weighted by molar-refractivity contribution is 6.42. The van der Waals surface area contributed by atoms with Crippen LogP contribution in [0.15, 0.2) is 42.5 Å². The van der Waals surface area contributed by atoms with Crippen LogP contribution in [0.5, 0.6) is 5.75 Å². The highest BCUT2D eigenvalue weighted by atomic mass is 35.5. The summed E-state index contributed by atoms with van der Waals surface area (Å²) in [4.78, 5) is 11.9. The molecule has 0 bridgehead atoms. The summed E-state index contributed by atoms with van der Waals surface area (Å²) in [5, 5.41) is 1.05. The molecule has 0 radical (unpaired) electrons. The van der Waals surface area contributed by atoms with Crippen LogP contribution < -0.4 is 4.74 Å². The van der Waals surface area contributed by atoms with Gasteiger partial charge in [-0.2, -0.15) is 0 Å². The Labute approximate surface area is 133 Å². The molecule has 1 fully saturated rings. The first-order valence-corrected chi connectivity index (χ1v) is 7.60. The van der Waals surface area contributed by atoms with Gasteiger partial charge in [0, 0.05) is 11.5 Å². The van der Waals surface area contributed by atoms with Crippen molar-refractivity contribution in [3.63, 3.8) is 0 Å². The van der Waals surface area contributed by atoms with Crippen molar-refractivity contribution in [1.82, 2.24) is 0 Å². The highest BCUT2D eigenvalue weighted by Crippen LogP contribution is 2.33.